The van der Waals surface area contributed by atoms with Gasteiger partial charge in [0.25, 0.3) is 0 Å². The Morgan fingerprint density at radius 3 is 2.91 bits per heavy atom. The van der Waals surface area contributed by atoms with Crippen LogP contribution in [0.1, 0.15) is 24.0 Å². The Bertz CT molecular complexity index is 1190. The van der Waals surface area contributed by atoms with Crippen molar-refractivity contribution in [2.75, 3.05) is 17.2 Å². The number of carbonyl (C=O) groups is 1. The molecule has 1 aliphatic rings. The zero-order valence-corrected chi connectivity index (χ0v) is 17.7. The predicted octanol–water partition coefficient (Wildman–Crippen LogP) is 5.27. The smallest absolute Gasteiger partial charge is 0.331 e. The van der Waals surface area contributed by atoms with Crippen LogP contribution in [-0.2, 0) is 11.4 Å². The fourth-order valence-electron chi connectivity index (χ4n) is 3.29. The molecular formula is C23H20ClFN4O3. The number of anilines is 3. The average Bonchev–Trinajstić information content (AvgIpc) is 2.74. The van der Waals surface area contributed by atoms with Gasteiger partial charge in [-0.05, 0) is 54.8 Å². The first-order chi connectivity index (χ1) is 15.5. The van der Waals surface area contributed by atoms with Crippen LogP contribution in [0, 0.1) is 5.82 Å². The summed E-state index contributed by atoms with van der Waals surface area (Å²) < 4.78 is 19.0. The van der Waals surface area contributed by atoms with Gasteiger partial charge in [-0.25, -0.2) is 19.2 Å². The van der Waals surface area contributed by atoms with Gasteiger partial charge < -0.3 is 20.5 Å². The van der Waals surface area contributed by atoms with Crippen LogP contribution in [0.3, 0.4) is 0 Å². The van der Waals surface area contributed by atoms with Crippen molar-refractivity contribution in [1.29, 1.82) is 0 Å². The van der Waals surface area contributed by atoms with Gasteiger partial charge in [0.1, 0.15) is 36.1 Å². The van der Waals surface area contributed by atoms with Gasteiger partial charge in [0, 0.05) is 17.8 Å². The van der Waals surface area contributed by atoms with Crippen LogP contribution >= 0.6 is 11.6 Å². The standard InChI is InChI=1S/C23H20ClFN4O3/c24-19-11-17(6-7-20(19)32-12-14-3-1-5-16(25)9-14)29-22-18-10-15(23(30)31)4-2-8-26-21(18)27-13-28-22/h1,3,5-7,9-11,13H,2,4,8,12H2,(H,30,31)(H2,26,27,28,29)/b15-10+. The molecule has 0 saturated carbocycles. The van der Waals surface area contributed by atoms with Gasteiger partial charge in [-0.15, -0.1) is 0 Å². The number of halogens is 2. The van der Waals surface area contributed by atoms with E-state index < -0.39 is 5.97 Å². The number of hydrogen-bond donors (Lipinski definition) is 3. The molecule has 3 aromatic rings. The number of benzene rings is 2. The van der Waals surface area contributed by atoms with Crippen molar-refractivity contribution in [3.63, 3.8) is 0 Å². The molecule has 0 aliphatic carbocycles. The van der Waals surface area contributed by atoms with Gasteiger partial charge in [0.05, 0.1) is 10.6 Å². The molecule has 0 unspecified atom stereocenters. The number of nitrogens with one attached hydrogen (secondary N) is 2. The summed E-state index contributed by atoms with van der Waals surface area (Å²) in [6.07, 6.45) is 4.13. The molecule has 164 valence electrons. The number of ether oxygens (including phenoxy) is 1. The third-order valence-electron chi connectivity index (χ3n) is 4.87. The molecule has 9 heteroatoms. The van der Waals surface area contributed by atoms with Crippen LogP contribution in [0.5, 0.6) is 5.75 Å². The molecule has 32 heavy (non-hydrogen) atoms. The number of nitrogens with zero attached hydrogens (tertiary/aromatic N) is 2. The second-order valence-electron chi connectivity index (χ2n) is 7.18. The Morgan fingerprint density at radius 2 is 2.12 bits per heavy atom. The lowest BCUT2D eigenvalue weighted by Crippen LogP contribution is -2.12. The highest BCUT2D eigenvalue weighted by atomic mass is 35.5. The van der Waals surface area contributed by atoms with E-state index in [1.165, 1.54) is 18.5 Å². The molecule has 4 rings (SSSR count). The predicted molar refractivity (Wildman–Crippen MR) is 121 cm³/mol. The minimum atomic E-state index is -0.963. The van der Waals surface area contributed by atoms with Crippen molar-refractivity contribution in [3.05, 3.63) is 76.3 Å². The number of carboxylic acids is 1. The Kier molecular flexibility index (Phi) is 6.51. The maximum Gasteiger partial charge on any atom is 0.331 e. The minimum absolute atomic E-state index is 0.179. The molecule has 0 spiro atoms. The van der Waals surface area contributed by atoms with E-state index in [-0.39, 0.29) is 12.4 Å². The number of hydrogen-bond acceptors (Lipinski definition) is 6. The van der Waals surface area contributed by atoms with E-state index in [0.29, 0.717) is 64.2 Å². The number of aliphatic carboxylic acids is 1. The fraction of sp³-hybridized carbons (Fsp3) is 0.174. The molecule has 0 amide bonds. The van der Waals surface area contributed by atoms with Crippen LogP contribution in [-0.4, -0.2) is 27.6 Å². The summed E-state index contributed by atoms with van der Waals surface area (Å²) in [7, 11) is 0. The maximum absolute atomic E-state index is 13.3. The molecule has 1 aromatic heterocycles. The van der Waals surface area contributed by atoms with Crippen LogP contribution in [0.2, 0.25) is 5.02 Å². The van der Waals surface area contributed by atoms with E-state index in [4.69, 9.17) is 16.3 Å². The van der Waals surface area contributed by atoms with Crippen molar-refractivity contribution in [1.82, 2.24) is 9.97 Å². The molecule has 0 saturated heterocycles. The van der Waals surface area contributed by atoms with Gasteiger partial charge in [0.15, 0.2) is 0 Å². The van der Waals surface area contributed by atoms with E-state index in [1.54, 1.807) is 36.4 Å². The molecule has 2 aromatic carbocycles. The molecular weight excluding hydrogens is 435 g/mol. The Labute approximate surface area is 188 Å². The van der Waals surface area contributed by atoms with E-state index >= 15 is 0 Å². The lowest BCUT2D eigenvalue weighted by molar-refractivity contribution is -0.132. The van der Waals surface area contributed by atoms with Crippen molar-refractivity contribution >= 4 is 41.0 Å². The minimum Gasteiger partial charge on any atom is -0.487 e. The van der Waals surface area contributed by atoms with E-state index in [0.717, 1.165) is 0 Å². The SMILES string of the molecule is O=C(O)/C1=C/c2c(ncnc2Nc2ccc(OCc3cccc(F)c3)c(Cl)c2)NCCC1. The second kappa shape index (κ2) is 9.65. The molecule has 3 N–H and O–H groups in total. The molecule has 0 fully saturated rings. The first-order valence-corrected chi connectivity index (χ1v) is 10.3. The first-order valence-electron chi connectivity index (χ1n) is 9.96. The quantitative estimate of drug-likeness (QED) is 0.467. The van der Waals surface area contributed by atoms with Crippen molar-refractivity contribution in [3.8, 4) is 5.75 Å². The summed E-state index contributed by atoms with van der Waals surface area (Å²) in [5.41, 5.74) is 2.19. The summed E-state index contributed by atoms with van der Waals surface area (Å²) in [5.74, 6) is 0.172. The van der Waals surface area contributed by atoms with Crippen LogP contribution < -0.4 is 15.4 Å². The zero-order valence-electron chi connectivity index (χ0n) is 16.9. The van der Waals surface area contributed by atoms with E-state index in [2.05, 4.69) is 20.6 Å². The summed E-state index contributed by atoms with van der Waals surface area (Å²) >= 11 is 6.38. The summed E-state index contributed by atoms with van der Waals surface area (Å²) in [6, 6.07) is 11.3. The first kappa shape index (κ1) is 21.6. The van der Waals surface area contributed by atoms with Crippen LogP contribution in [0.4, 0.5) is 21.7 Å². The third-order valence-corrected chi connectivity index (χ3v) is 5.17. The Morgan fingerprint density at radius 1 is 1.25 bits per heavy atom. The Balaban J connectivity index is 1.55. The fourth-order valence-corrected chi connectivity index (χ4v) is 3.53. The van der Waals surface area contributed by atoms with Crippen molar-refractivity contribution in [2.24, 2.45) is 0 Å². The summed E-state index contributed by atoms with van der Waals surface area (Å²) in [4.78, 5) is 20.1. The molecule has 0 bridgehead atoms. The lowest BCUT2D eigenvalue weighted by Gasteiger charge is -2.17. The van der Waals surface area contributed by atoms with Gasteiger partial charge >= 0.3 is 5.97 Å². The zero-order chi connectivity index (χ0) is 22.5. The van der Waals surface area contributed by atoms with Gasteiger partial charge in [-0.1, -0.05) is 23.7 Å². The van der Waals surface area contributed by atoms with Crippen molar-refractivity contribution in [2.45, 2.75) is 19.4 Å². The third kappa shape index (κ3) is 5.15. The largest absolute Gasteiger partial charge is 0.487 e. The number of carboxylic acid groups (broad SMARTS) is 1. The Hall–Kier alpha value is -3.65. The van der Waals surface area contributed by atoms with Crippen LogP contribution in [0.15, 0.2) is 54.4 Å². The molecule has 0 radical (unpaired) electrons. The average molecular weight is 455 g/mol. The molecule has 7 nitrogen and oxygen atoms in total. The van der Waals surface area contributed by atoms with Crippen LogP contribution in [0.25, 0.3) is 6.08 Å². The number of fused-ring (bicyclic) bond motifs is 1. The van der Waals surface area contributed by atoms with E-state index in [1.807, 2.05) is 0 Å². The van der Waals surface area contributed by atoms with E-state index in [9.17, 15) is 14.3 Å². The van der Waals surface area contributed by atoms with Gasteiger partial charge in [-0.3, -0.25) is 0 Å². The lowest BCUT2D eigenvalue weighted by atomic mass is 10.0. The topological polar surface area (TPSA) is 96.4 Å². The van der Waals surface area contributed by atoms with Gasteiger partial charge in [-0.2, -0.15) is 0 Å². The normalized spacial score (nSPS) is 14.8. The number of rotatable bonds is 6. The second-order valence-corrected chi connectivity index (χ2v) is 7.59. The van der Waals surface area contributed by atoms with Gasteiger partial charge in [0.2, 0.25) is 0 Å². The summed E-state index contributed by atoms with van der Waals surface area (Å²) in [6.45, 7) is 0.787. The monoisotopic (exact) mass is 454 g/mol. The maximum atomic E-state index is 13.3. The highest BCUT2D eigenvalue weighted by Crippen LogP contribution is 2.32. The highest BCUT2D eigenvalue weighted by Gasteiger charge is 2.17. The molecule has 0 atom stereocenters. The van der Waals surface area contributed by atoms with Crippen molar-refractivity contribution < 1.29 is 19.0 Å². The summed E-state index contributed by atoms with van der Waals surface area (Å²) in [5, 5.41) is 16.2. The number of aromatic nitrogens is 2. The molecule has 1 aliphatic heterocycles. The highest BCUT2D eigenvalue weighted by molar-refractivity contribution is 6.32. The molecule has 2 heterocycles.